The maximum Gasteiger partial charge on any atom is 0.0879 e. The second-order valence-corrected chi connectivity index (χ2v) is 4.16. The first-order valence-electron chi connectivity index (χ1n) is 5.83. The molecule has 0 radical (unpaired) electrons. The third-order valence-electron chi connectivity index (χ3n) is 3.02. The summed E-state index contributed by atoms with van der Waals surface area (Å²) in [7, 11) is 1.73. The zero-order valence-corrected chi connectivity index (χ0v) is 11.0. The monoisotopic (exact) mass is 225 g/mol. The van der Waals surface area contributed by atoms with Crippen LogP contribution in [-0.4, -0.2) is 36.6 Å². The van der Waals surface area contributed by atoms with Gasteiger partial charge in [0, 0.05) is 19.3 Å². The van der Waals surface area contributed by atoms with Crippen LogP contribution in [0.1, 0.15) is 29.9 Å². The van der Waals surface area contributed by atoms with Crippen molar-refractivity contribution >= 4 is 0 Å². The van der Waals surface area contributed by atoms with Crippen molar-refractivity contribution in [2.45, 2.75) is 33.7 Å². The van der Waals surface area contributed by atoms with E-state index in [0.717, 1.165) is 18.8 Å². The molecule has 1 aromatic heterocycles. The summed E-state index contributed by atoms with van der Waals surface area (Å²) < 4.78 is 7.34. The Kier molecular flexibility index (Phi) is 4.96. The summed E-state index contributed by atoms with van der Waals surface area (Å²) in [6, 6.07) is 0.275. The molecule has 1 N–H and O–H groups in total. The van der Waals surface area contributed by atoms with Gasteiger partial charge in [-0.2, -0.15) is 5.10 Å². The second kappa shape index (κ2) is 6.01. The zero-order valence-electron chi connectivity index (χ0n) is 11.0. The fourth-order valence-corrected chi connectivity index (χ4v) is 1.82. The van der Waals surface area contributed by atoms with Crippen LogP contribution in [0.4, 0.5) is 0 Å². The van der Waals surface area contributed by atoms with Crippen molar-refractivity contribution in [2.75, 3.05) is 26.8 Å². The van der Waals surface area contributed by atoms with Gasteiger partial charge < -0.3 is 10.1 Å². The van der Waals surface area contributed by atoms with Crippen LogP contribution in [0, 0.1) is 20.8 Å². The molecule has 4 nitrogen and oxygen atoms in total. The first kappa shape index (κ1) is 13.2. The summed E-state index contributed by atoms with van der Waals surface area (Å²) in [5.74, 6) is 0. The number of nitrogens with one attached hydrogen (secondary N) is 1. The number of hydrogen-bond acceptors (Lipinski definition) is 3. The highest BCUT2D eigenvalue weighted by molar-refractivity contribution is 5.22. The number of rotatable bonds is 6. The van der Waals surface area contributed by atoms with Crippen LogP contribution >= 0.6 is 0 Å². The third kappa shape index (κ3) is 2.83. The number of methoxy groups -OCH3 is 1. The number of hydrogen-bond donors (Lipinski definition) is 1. The summed E-state index contributed by atoms with van der Waals surface area (Å²) in [5, 5.41) is 7.93. The molecule has 0 aliphatic carbocycles. The highest BCUT2D eigenvalue weighted by atomic mass is 16.5. The summed E-state index contributed by atoms with van der Waals surface area (Å²) >= 11 is 0. The number of nitrogens with zero attached hydrogens (tertiary/aromatic N) is 2. The molecule has 0 fully saturated rings. The van der Waals surface area contributed by atoms with E-state index in [1.54, 1.807) is 7.11 Å². The van der Waals surface area contributed by atoms with E-state index < -0.39 is 0 Å². The lowest BCUT2D eigenvalue weighted by atomic mass is 10.2. The minimum absolute atomic E-state index is 0.275. The van der Waals surface area contributed by atoms with Crippen molar-refractivity contribution in [1.82, 2.24) is 15.1 Å². The lowest BCUT2D eigenvalue weighted by molar-refractivity contribution is 0.147. The average molecular weight is 225 g/mol. The van der Waals surface area contributed by atoms with Crippen LogP contribution in [0.3, 0.4) is 0 Å². The molecule has 4 heteroatoms. The third-order valence-corrected chi connectivity index (χ3v) is 3.02. The van der Waals surface area contributed by atoms with Crippen LogP contribution in [0.25, 0.3) is 0 Å². The first-order valence-corrected chi connectivity index (χ1v) is 5.83. The first-order chi connectivity index (χ1) is 7.61. The van der Waals surface area contributed by atoms with Crippen molar-refractivity contribution in [1.29, 1.82) is 0 Å². The van der Waals surface area contributed by atoms with E-state index in [1.807, 2.05) is 0 Å². The summed E-state index contributed by atoms with van der Waals surface area (Å²) in [6.45, 7) is 10.9. The Morgan fingerprint density at radius 1 is 1.38 bits per heavy atom. The number of likely N-dealkylation sites (N-methyl/N-ethyl adjacent to an activating group) is 1. The highest BCUT2D eigenvalue weighted by Gasteiger charge is 2.16. The molecule has 0 saturated heterocycles. The van der Waals surface area contributed by atoms with Gasteiger partial charge in [0.25, 0.3) is 0 Å². The Morgan fingerprint density at radius 3 is 2.50 bits per heavy atom. The van der Waals surface area contributed by atoms with Crippen LogP contribution in [0.2, 0.25) is 0 Å². The predicted octanol–water partition coefficient (Wildman–Crippen LogP) is 1.61. The van der Waals surface area contributed by atoms with Gasteiger partial charge >= 0.3 is 0 Å². The molecule has 0 amide bonds. The Labute approximate surface area is 98.0 Å². The Morgan fingerprint density at radius 2 is 2.06 bits per heavy atom. The number of aromatic nitrogens is 2. The summed E-state index contributed by atoms with van der Waals surface area (Å²) in [6.07, 6.45) is 0. The minimum atomic E-state index is 0.275. The van der Waals surface area contributed by atoms with Gasteiger partial charge in [-0.15, -0.1) is 0 Å². The fourth-order valence-electron chi connectivity index (χ4n) is 1.82. The highest BCUT2D eigenvalue weighted by Crippen LogP contribution is 2.16. The van der Waals surface area contributed by atoms with Gasteiger partial charge in [-0.1, -0.05) is 6.92 Å². The molecular weight excluding hydrogens is 202 g/mol. The molecule has 0 bridgehead atoms. The second-order valence-electron chi connectivity index (χ2n) is 4.16. The maximum absolute atomic E-state index is 5.26. The van der Waals surface area contributed by atoms with E-state index >= 15 is 0 Å². The Bertz CT molecular complexity index is 333. The standard InChI is InChI=1S/C12H23N3O/c1-6-13-7-12(8-16-5)15-11(4)9(2)10(3)14-15/h12-13H,6-8H2,1-5H3. The largest absolute Gasteiger partial charge is 0.382 e. The van der Waals surface area contributed by atoms with Gasteiger partial charge in [0.15, 0.2) is 0 Å². The summed E-state index contributed by atoms with van der Waals surface area (Å²) in [4.78, 5) is 0. The van der Waals surface area contributed by atoms with Crippen molar-refractivity contribution in [3.63, 3.8) is 0 Å². The maximum atomic E-state index is 5.26. The SMILES string of the molecule is CCNCC(COC)n1nc(C)c(C)c1C. The Hall–Kier alpha value is -0.870. The lowest BCUT2D eigenvalue weighted by Gasteiger charge is -2.18. The van der Waals surface area contributed by atoms with Crippen LogP contribution < -0.4 is 5.32 Å². The van der Waals surface area contributed by atoms with Crippen molar-refractivity contribution in [3.8, 4) is 0 Å². The minimum Gasteiger partial charge on any atom is -0.382 e. The van der Waals surface area contributed by atoms with Gasteiger partial charge in [0.05, 0.1) is 18.3 Å². The van der Waals surface area contributed by atoms with E-state index in [4.69, 9.17) is 4.74 Å². The van der Waals surface area contributed by atoms with Crippen molar-refractivity contribution in [3.05, 3.63) is 17.0 Å². The number of ether oxygens (including phenoxy) is 1. The van der Waals surface area contributed by atoms with E-state index in [9.17, 15) is 0 Å². The van der Waals surface area contributed by atoms with Gasteiger partial charge in [0.2, 0.25) is 0 Å². The van der Waals surface area contributed by atoms with Crippen molar-refractivity contribution in [2.24, 2.45) is 0 Å². The lowest BCUT2D eigenvalue weighted by Crippen LogP contribution is -2.29. The number of aryl methyl sites for hydroxylation is 1. The van der Waals surface area contributed by atoms with E-state index in [2.05, 4.69) is 42.8 Å². The van der Waals surface area contributed by atoms with Gasteiger partial charge in [-0.05, 0) is 32.9 Å². The molecule has 0 aromatic carbocycles. The summed E-state index contributed by atoms with van der Waals surface area (Å²) in [5.41, 5.74) is 3.62. The molecule has 0 spiro atoms. The molecule has 1 heterocycles. The predicted molar refractivity (Wildman–Crippen MR) is 65.9 cm³/mol. The van der Waals surface area contributed by atoms with Gasteiger partial charge in [-0.25, -0.2) is 0 Å². The van der Waals surface area contributed by atoms with Crippen LogP contribution in [0.5, 0.6) is 0 Å². The smallest absolute Gasteiger partial charge is 0.0879 e. The molecule has 0 aliphatic heterocycles. The molecule has 0 aliphatic rings. The average Bonchev–Trinajstić information content (AvgIpc) is 2.52. The topological polar surface area (TPSA) is 39.1 Å². The van der Waals surface area contributed by atoms with E-state index in [-0.39, 0.29) is 6.04 Å². The van der Waals surface area contributed by atoms with Crippen molar-refractivity contribution < 1.29 is 4.74 Å². The zero-order chi connectivity index (χ0) is 12.1. The molecule has 1 atom stereocenters. The normalized spacial score (nSPS) is 13.1. The molecular formula is C12H23N3O. The fraction of sp³-hybridized carbons (Fsp3) is 0.750. The molecule has 16 heavy (non-hydrogen) atoms. The van der Waals surface area contributed by atoms with E-state index in [1.165, 1.54) is 11.3 Å². The van der Waals surface area contributed by atoms with E-state index in [0.29, 0.717) is 6.61 Å². The van der Waals surface area contributed by atoms with Crippen LogP contribution in [0.15, 0.2) is 0 Å². The van der Waals surface area contributed by atoms with Crippen LogP contribution in [-0.2, 0) is 4.74 Å². The van der Waals surface area contributed by atoms with Gasteiger partial charge in [0.1, 0.15) is 0 Å². The Balaban J connectivity index is 2.87. The molecule has 92 valence electrons. The molecule has 0 saturated carbocycles. The van der Waals surface area contributed by atoms with Gasteiger partial charge in [-0.3, -0.25) is 4.68 Å². The molecule has 1 unspecified atom stereocenters. The molecule has 1 rings (SSSR count). The molecule has 1 aromatic rings. The quantitative estimate of drug-likeness (QED) is 0.799.